The van der Waals surface area contributed by atoms with Gasteiger partial charge in [0.2, 0.25) is 12.1 Å². The molecule has 144 valence electrons. The molecule has 8 nitrogen and oxygen atoms in total. The minimum atomic E-state index is -1.54. The van der Waals surface area contributed by atoms with Crippen molar-refractivity contribution < 1.29 is 23.9 Å². The highest BCUT2D eigenvalue weighted by Gasteiger charge is 2.63. The number of carbonyl (C=O) groups is 3. The van der Waals surface area contributed by atoms with Gasteiger partial charge in [-0.25, -0.2) is 4.79 Å². The minimum absolute atomic E-state index is 0.0299. The number of fused-ring (bicyclic) bond motifs is 1. The van der Waals surface area contributed by atoms with E-state index in [1.165, 1.54) is 16.7 Å². The van der Waals surface area contributed by atoms with Gasteiger partial charge in [0.15, 0.2) is 0 Å². The average Bonchev–Trinajstić information content (AvgIpc) is 2.70. The first kappa shape index (κ1) is 19.5. The highest BCUT2D eigenvalue weighted by Crippen LogP contribution is 2.44. The Kier molecular flexibility index (Phi) is 5.64. The molecule has 3 N–H and O–H groups in total. The van der Waals surface area contributed by atoms with Crippen LogP contribution >= 0.6 is 23.4 Å². The van der Waals surface area contributed by atoms with Crippen molar-refractivity contribution in [2.45, 2.75) is 17.6 Å². The zero-order chi connectivity index (χ0) is 19.6. The summed E-state index contributed by atoms with van der Waals surface area (Å²) in [7, 11) is 1.56. The number of β-lactam (4-membered cyclic amide) rings is 1. The lowest BCUT2D eigenvalue weighted by Gasteiger charge is -2.54. The van der Waals surface area contributed by atoms with Gasteiger partial charge in [-0.05, 0) is 23.3 Å². The summed E-state index contributed by atoms with van der Waals surface area (Å²) in [6, 6.07) is 7.06. The Hall–Kier alpha value is -2.23. The summed E-state index contributed by atoms with van der Waals surface area (Å²) in [6.45, 7) is 0.0299. The lowest BCUT2D eigenvalue weighted by Crippen LogP contribution is -2.83. The van der Waals surface area contributed by atoms with E-state index in [4.69, 9.17) is 26.8 Å². The number of benzene rings is 1. The molecular weight excluding hydrogens is 394 g/mol. The highest BCUT2D eigenvalue weighted by molar-refractivity contribution is 8.00. The van der Waals surface area contributed by atoms with Crippen LogP contribution in [0.2, 0.25) is 0 Å². The zero-order valence-electron chi connectivity index (χ0n) is 14.4. The summed E-state index contributed by atoms with van der Waals surface area (Å²) in [6.07, 6.45) is 0.373. The van der Waals surface area contributed by atoms with Crippen LogP contribution in [0.15, 0.2) is 35.5 Å². The molecule has 1 aromatic rings. The average molecular weight is 412 g/mol. The molecule has 2 heterocycles. The first-order chi connectivity index (χ1) is 13.0. The van der Waals surface area contributed by atoms with E-state index in [1.807, 2.05) is 0 Å². The van der Waals surface area contributed by atoms with Gasteiger partial charge in [-0.15, -0.1) is 23.4 Å². The Bertz CT molecular complexity index is 800. The van der Waals surface area contributed by atoms with Gasteiger partial charge in [-0.1, -0.05) is 12.1 Å². The summed E-state index contributed by atoms with van der Waals surface area (Å²) in [5.74, 6) is -0.0592. The monoisotopic (exact) mass is 411 g/mol. The van der Waals surface area contributed by atoms with Crippen LogP contribution in [0.5, 0.6) is 5.75 Å². The maximum absolute atomic E-state index is 12.7. The van der Waals surface area contributed by atoms with Crippen LogP contribution in [0.25, 0.3) is 0 Å². The Balaban J connectivity index is 1.76. The van der Waals surface area contributed by atoms with Gasteiger partial charge in [-0.3, -0.25) is 20.2 Å². The van der Waals surface area contributed by atoms with E-state index in [2.05, 4.69) is 5.32 Å². The molecular formula is C17H18ClN3O5S. The summed E-state index contributed by atoms with van der Waals surface area (Å²) in [5.41, 5.74) is 5.89. The van der Waals surface area contributed by atoms with Crippen molar-refractivity contribution in [3.63, 3.8) is 0 Å². The first-order valence-corrected chi connectivity index (χ1v) is 9.58. The van der Waals surface area contributed by atoms with E-state index in [9.17, 15) is 14.4 Å². The maximum atomic E-state index is 12.7. The first-order valence-electron chi connectivity index (χ1n) is 7.99. The standard InChI is InChI=1S/C17H18ClN3O5S/c1-25-12-4-2-10(3-5-12)7-26-14(23)13-11(6-18)8-27-16-17(19,20-9-22)15(24)21(13)16/h2-5,9,16H,6-8,19H2,1H3,(H,20,22)/t16-,17-/m0/s1. The Morgan fingerprint density at radius 2 is 2.19 bits per heavy atom. The molecule has 2 atom stereocenters. The second kappa shape index (κ2) is 7.79. The van der Waals surface area contributed by atoms with E-state index < -0.39 is 22.9 Å². The molecule has 2 amide bonds. The van der Waals surface area contributed by atoms with Crippen molar-refractivity contribution in [2.24, 2.45) is 5.73 Å². The molecule has 0 aromatic heterocycles. The molecule has 0 bridgehead atoms. The smallest absolute Gasteiger partial charge is 0.355 e. The van der Waals surface area contributed by atoms with Gasteiger partial charge >= 0.3 is 5.97 Å². The van der Waals surface area contributed by atoms with Crippen LogP contribution in [0.3, 0.4) is 0 Å². The molecule has 27 heavy (non-hydrogen) atoms. The number of rotatable bonds is 7. The van der Waals surface area contributed by atoms with Crippen LogP contribution in [0, 0.1) is 0 Å². The quantitative estimate of drug-likeness (QED) is 0.221. The topological polar surface area (TPSA) is 111 Å². The number of nitrogens with two attached hydrogens (primary N) is 1. The number of nitrogens with zero attached hydrogens (tertiary/aromatic N) is 1. The van der Waals surface area contributed by atoms with Gasteiger partial charge in [-0.2, -0.15) is 0 Å². The number of hydrogen-bond donors (Lipinski definition) is 2. The van der Waals surface area contributed by atoms with Crippen molar-refractivity contribution in [3.8, 4) is 5.75 Å². The number of alkyl halides is 1. The van der Waals surface area contributed by atoms with Gasteiger partial charge in [0.25, 0.3) is 5.91 Å². The van der Waals surface area contributed by atoms with Crippen LogP contribution in [0.1, 0.15) is 5.56 Å². The van der Waals surface area contributed by atoms with Gasteiger partial charge in [0.1, 0.15) is 23.4 Å². The minimum Gasteiger partial charge on any atom is -0.497 e. The van der Waals surface area contributed by atoms with E-state index in [0.717, 1.165) is 5.56 Å². The normalized spacial score (nSPS) is 24.0. The molecule has 0 spiro atoms. The lowest BCUT2D eigenvalue weighted by molar-refractivity contribution is -0.159. The van der Waals surface area contributed by atoms with Crippen molar-refractivity contribution >= 4 is 41.6 Å². The number of nitrogens with one attached hydrogen (secondary N) is 1. The number of esters is 1. The van der Waals surface area contributed by atoms with Crippen molar-refractivity contribution in [1.29, 1.82) is 0 Å². The van der Waals surface area contributed by atoms with E-state index in [0.29, 0.717) is 23.5 Å². The third-order valence-electron chi connectivity index (χ3n) is 4.37. The summed E-state index contributed by atoms with van der Waals surface area (Å²) in [4.78, 5) is 37.2. The molecule has 0 saturated carbocycles. The van der Waals surface area contributed by atoms with Crippen LogP contribution < -0.4 is 15.8 Å². The molecule has 0 unspecified atom stereocenters. The Morgan fingerprint density at radius 1 is 1.48 bits per heavy atom. The zero-order valence-corrected chi connectivity index (χ0v) is 16.0. The summed E-state index contributed by atoms with van der Waals surface area (Å²) < 4.78 is 10.5. The van der Waals surface area contributed by atoms with Gasteiger partial charge in [0.05, 0.1) is 7.11 Å². The van der Waals surface area contributed by atoms with Gasteiger partial charge < -0.3 is 14.8 Å². The third-order valence-corrected chi connectivity index (χ3v) is 6.11. The van der Waals surface area contributed by atoms with E-state index in [1.54, 1.807) is 31.4 Å². The number of ether oxygens (including phenoxy) is 2. The predicted molar refractivity (Wildman–Crippen MR) is 99.7 cm³/mol. The van der Waals surface area contributed by atoms with Gasteiger partial charge in [0, 0.05) is 11.6 Å². The molecule has 1 aromatic carbocycles. The number of carbonyl (C=O) groups excluding carboxylic acids is 3. The molecule has 2 aliphatic heterocycles. The van der Waals surface area contributed by atoms with Crippen molar-refractivity contribution in [1.82, 2.24) is 10.2 Å². The number of hydrogen-bond acceptors (Lipinski definition) is 7. The van der Waals surface area contributed by atoms with Crippen LogP contribution in [-0.2, 0) is 25.7 Å². The number of amides is 2. The number of thioether (sulfide) groups is 1. The second-order valence-electron chi connectivity index (χ2n) is 5.98. The van der Waals surface area contributed by atoms with Crippen molar-refractivity contribution in [2.75, 3.05) is 18.7 Å². The maximum Gasteiger partial charge on any atom is 0.355 e. The fraction of sp³-hybridized carbons (Fsp3) is 0.353. The molecule has 0 aliphatic carbocycles. The van der Waals surface area contributed by atoms with Crippen LogP contribution in [-0.4, -0.2) is 53.0 Å². The third kappa shape index (κ3) is 3.38. The lowest BCUT2D eigenvalue weighted by atomic mass is 9.96. The number of methoxy groups -OCH3 is 1. The molecule has 0 radical (unpaired) electrons. The Labute approximate surface area is 165 Å². The SMILES string of the molecule is COc1ccc(COC(=O)C2=C(CCl)CS[C@@H]3N2C(=O)[C@]3(N)NC=O)cc1. The summed E-state index contributed by atoms with van der Waals surface area (Å²) >= 11 is 7.28. The van der Waals surface area contributed by atoms with E-state index >= 15 is 0 Å². The molecule has 2 aliphatic rings. The largest absolute Gasteiger partial charge is 0.497 e. The fourth-order valence-corrected chi connectivity index (χ4v) is 4.62. The van der Waals surface area contributed by atoms with E-state index in [-0.39, 0.29) is 18.2 Å². The van der Waals surface area contributed by atoms with Crippen LogP contribution in [0.4, 0.5) is 0 Å². The predicted octanol–water partition coefficient (Wildman–Crippen LogP) is 0.547. The molecule has 1 saturated heterocycles. The molecule has 1 fully saturated rings. The molecule has 3 rings (SSSR count). The number of halogens is 1. The Morgan fingerprint density at radius 3 is 2.78 bits per heavy atom. The highest BCUT2D eigenvalue weighted by atomic mass is 35.5. The molecule has 10 heteroatoms. The van der Waals surface area contributed by atoms with Crippen molar-refractivity contribution in [3.05, 3.63) is 41.1 Å². The second-order valence-corrected chi connectivity index (χ2v) is 7.32. The fourth-order valence-electron chi connectivity index (χ4n) is 2.91. The summed E-state index contributed by atoms with van der Waals surface area (Å²) in [5, 5.41) is 1.74.